The lowest BCUT2D eigenvalue weighted by Crippen LogP contribution is -2.61. The first-order chi connectivity index (χ1) is 16.9. The van der Waals surface area contributed by atoms with Gasteiger partial charge in [-0.15, -0.1) is 0 Å². The molecule has 35 heavy (non-hydrogen) atoms. The van der Waals surface area contributed by atoms with Gasteiger partial charge in [0.1, 0.15) is 6.54 Å². The predicted octanol–water partition coefficient (Wildman–Crippen LogP) is 4.76. The molecule has 0 saturated carbocycles. The molecule has 3 aromatic rings. The van der Waals surface area contributed by atoms with Gasteiger partial charge in [0.2, 0.25) is 11.8 Å². The standard InChI is InChI=1S/C28H30BrN3O3/c1-3-19(12-20-8-6-5-7-9-20)13-26(33)24-17-31(25-11-10-21(29)14-23(24)25)18-27(34)30-22-15-32(16-22)28(35)4-2/h4-11,14,17,19,22H,2-3,12-13,15-16,18H2,1H3,(H,30,34). The molecule has 182 valence electrons. The number of likely N-dealkylation sites (tertiary alicyclic amines) is 1. The third-order valence-electron chi connectivity index (χ3n) is 6.61. The Labute approximate surface area is 214 Å². The maximum Gasteiger partial charge on any atom is 0.246 e. The van der Waals surface area contributed by atoms with Crippen LogP contribution in [0.25, 0.3) is 10.9 Å². The van der Waals surface area contributed by atoms with Crippen molar-refractivity contribution in [2.75, 3.05) is 13.1 Å². The number of ketones is 1. The van der Waals surface area contributed by atoms with Gasteiger partial charge in [0.15, 0.2) is 5.78 Å². The molecule has 0 aliphatic carbocycles. The Morgan fingerprint density at radius 2 is 1.91 bits per heavy atom. The summed E-state index contributed by atoms with van der Waals surface area (Å²) in [5, 5.41) is 3.82. The van der Waals surface area contributed by atoms with Crippen LogP contribution in [-0.4, -0.2) is 46.2 Å². The van der Waals surface area contributed by atoms with Gasteiger partial charge < -0.3 is 14.8 Å². The van der Waals surface area contributed by atoms with E-state index in [1.165, 1.54) is 11.6 Å². The molecule has 1 fully saturated rings. The van der Waals surface area contributed by atoms with Crippen LogP contribution in [0, 0.1) is 5.92 Å². The van der Waals surface area contributed by atoms with Crippen molar-refractivity contribution >= 4 is 44.4 Å². The van der Waals surface area contributed by atoms with Crippen LogP contribution in [0.3, 0.4) is 0 Å². The Hall–Kier alpha value is -3.19. The zero-order valence-electron chi connectivity index (χ0n) is 19.9. The number of aromatic nitrogens is 1. The molecule has 1 unspecified atom stereocenters. The summed E-state index contributed by atoms with van der Waals surface area (Å²) in [5.74, 6) is 0.0690. The molecule has 4 rings (SSSR count). The number of nitrogens with zero attached hydrogens (tertiary/aromatic N) is 2. The molecular weight excluding hydrogens is 506 g/mol. The van der Waals surface area contributed by atoms with Crippen LogP contribution < -0.4 is 5.32 Å². The van der Waals surface area contributed by atoms with E-state index in [0.717, 1.165) is 28.2 Å². The Balaban J connectivity index is 1.47. The van der Waals surface area contributed by atoms with Crippen LogP contribution in [0.4, 0.5) is 0 Å². The number of benzene rings is 2. The molecule has 1 aromatic heterocycles. The number of carbonyl (C=O) groups is 3. The highest BCUT2D eigenvalue weighted by Crippen LogP contribution is 2.28. The zero-order chi connectivity index (χ0) is 24.9. The number of fused-ring (bicyclic) bond motifs is 1. The molecule has 1 saturated heterocycles. The van der Waals surface area contributed by atoms with Crippen molar-refractivity contribution in [2.45, 2.75) is 38.8 Å². The fraction of sp³-hybridized carbons (Fsp3) is 0.321. The monoisotopic (exact) mass is 535 g/mol. The SMILES string of the molecule is C=CC(=O)N1CC(NC(=O)Cn2cc(C(=O)CC(CC)Cc3ccccc3)c3cc(Br)ccc32)C1. The van der Waals surface area contributed by atoms with Gasteiger partial charge in [-0.3, -0.25) is 14.4 Å². The van der Waals surface area contributed by atoms with E-state index in [4.69, 9.17) is 0 Å². The van der Waals surface area contributed by atoms with Crippen LogP contribution in [0.1, 0.15) is 35.7 Å². The Bertz CT molecular complexity index is 1250. The molecule has 1 N–H and O–H groups in total. The van der Waals surface area contributed by atoms with E-state index in [0.29, 0.717) is 25.1 Å². The van der Waals surface area contributed by atoms with Crippen molar-refractivity contribution in [1.82, 2.24) is 14.8 Å². The molecule has 2 heterocycles. The number of Topliss-reactive ketones (excluding diaryl/α,β-unsaturated/α-hetero) is 1. The van der Waals surface area contributed by atoms with Gasteiger partial charge in [0.25, 0.3) is 0 Å². The van der Waals surface area contributed by atoms with Crippen LogP contribution >= 0.6 is 15.9 Å². The number of nitrogens with one attached hydrogen (secondary N) is 1. The van der Waals surface area contributed by atoms with E-state index in [1.807, 2.05) is 47.2 Å². The van der Waals surface area contributed by atoms with E-state index in [1.54, 1.807) is 4.90 Å². The second-order valence-electron chi connectivity index (χ2n) is 9.14. The van der Waals surface area contributed by atoms with E-state index in [9.17, 15) is 14.4 Å². The minimum atomic E-state index is -0.143. The molecule has 1 atom stereocenters. The normalized spacial score (nSPS) is 14.4. The number of hydrogen-bond donors (Lipinski definition) is 1. The third kappa shape index (κ3) is 5.90. The maximum atomic E-state index is 13.4. The van der Waals surface area contributed by atoms with Gasteiger partial charge >= 0.3 is 0 Å². The molecule has 7 heteroatoms. The first kappa shape index (κ1) is 24.9. The number of hydrogen-bond acceptors (Lipinski definition) is 3. The lowest BCUT2D eigenvalue weighted by atomic mass is 9.90. The van der Waals surface area contributed by atoms with Crippen molar-refractivity contribution in [3.8, 4) is 0 Å². The lowest BCUT2D eigenvalue weighted by molar-refractivity contribution is -0.133. The van der Waals surface area contributed by atoms with Gasteiger partial charge in [-0.2, -0.15) is 0 Å². The van der Waals surface area contributed by atoms with Gasteiger partial charge in [-0.05, 0) is 42.2 Å². The molecule has 1 aliphatic heterocycles. The summed E-state index contributed by atoms with van der Waals surface area (Å²) < 4.78 is 2.73. The van der Waals surface area contributed by atoms with Crippen molar-refractivity contribution in [3.63, 3.8) is 0 Å². The summed E-state index contributed by atoms with van der Waals surface area (Å²) in [5.41, 5.74) is 2.73. The van der Waals surface area contributed by atoms with Crippen LogP contribution in [0.5, 0.6) is 0 Å². The molecule has 0 spiro atoms. The maximum absolute atomic E-state index is 13.4. The minimum absolute atomic E-state index is 0.0632. The summed E-state index contributed by atoms with van der Waals surface area (Å²) in [6.07, 6.45) is 5.32. The number of carbonyl (C=O) groups excluding carboxylic acids is 3. The first-order valence-corrected chi connectivity index (χ1v) is 12.7. The highest BCUT2D eigenvalue weighted by molar-refractivity contribution is 9.10. The molecule has 0 bridgehead atoms. The quantitative estimate of drug-likeness (QED) is 0.300. The number of amides is 2. The molecule has 2 amide bonds. The summed E-state index contributed by atoms with van der Waals surface area (Å²) in [7, 11) is 0. The van der Waals surface area contributed by atoms with E-state index in [2.05, 4.69) is 46.9 Å². The second-order valence-corrected chi connectivity index (χ2v) is 10.1. The van der Waals surface area contributed by atoms with Crippen LogP contribution in [-0.2, 0) is 22.6 Å². The first-order valence-electron chi connectivity index (χ1n) is 11.9. The molecule has 2 aromatic carbocycles. The van der Waals surface area contributed by atoms with E-state index >= 15 is 0 Å². The summed E-state index contributed by atoms with van der Waals surface area (Å²) in [6, 6.07) is 16.0. The van der Waals surface area contributed by atoms with Gasteiger partial charge in [-0.1, -0.05) is 66.2 Å². The Morgan fingerprint density at radius 3 is 2.60 bits per heavy atom. The topological polar surface area (TPSA) is 71.4 Å². The highest BCUT2D eigenvalue weighted by Gasteiger charge is 2.30. The molecule has 6 nitrogen and oxygen atoms in total. The van der Waals surface area contributed by atoms with E-state index in [-0.39, 0.29) is 36.1 Å². The minimum Gasteiger partial charge on any atom is -0.348 e. The van der Waals surface area contributed by atoms with Crippen molar-refractivity contribution in [2.24, 2.45) is 5.92 Å². The van der Waals surface area contributed by atoms with Crippen LogP contribution in [0.15, 0.2) is 71.9 Å². The summed E-state index contributed by atoms with van der Waals surface area (Å²) in [6.45, 7) is 6.69. The molecular formula is C28H30BrN3O3. The third-order valence-corrected chi connectivity index (χ3v) is 7.10. The fourth-order valence-electron chi connectivity index (χ4n) is 4.61. The highest BCUT2D eigenvalue weighted by atomic mass is 79.9. The predicted molar refractivity (Wildman–Crippen MR) is 141 cm³/mol. The van der Waals surface area contributed by atoms with Crippen LogP contribution in [0.2, 0.25) is 0 Å². The average molecular weight is 536 g/mol. The van der Waals surface area contributed by atoms with Crippen molar-refractivity contribution in [3.05, 3.63) is 83.0 Å². The van der Waals surface area contributed by atoms with Crippen molar-refractivity contribution in [1.29, 1.82) is 0 Å². The smallest absolute Gasteiger partial charge is 0.246 e. The van der Waals surface area contributed by atoms with Gasteiger partial charge in [-0.25, -0.2) is 0 Å². The van der Waals surface area contributed by atoms with E-state index < -0.39 is 0 Å². The number of rotatable bonds is 10. The van der Waals surface area contributed by atoms with Gasteiger partial charge in [0.05, 0.1) is 6.04 Å². The largest absolute Gasteiger partial charge is 0.348 e. The fourth-order valence-corrected chi connectivity index (χ4v) is 4.97. The Morgan fingerprint density at radius 1 is 1.17 bits per heavy atom. The summed E-state index contributed by atoms with van der Waals surface area (Å²) in [4.78, 5) is 39.4. The average Bonchev–Trinajstić information content (AvgIpc) is 3.18. The Kier molecular flexibility index (Phi) is 7.86. The summed E-state index contributed by atoms with van der Waals surface area (Å²) >= 11 is 3.52. The molecule has 1 aliphatic rings. The zero-order valence-corrected chi connectivity index (χ0v) is 21.5. The number of halogens is 1. The van der Waals surface area contributed by atoms with Gasteiger partial charge in [0, 0.05) is 46.6 Å². The lowest BCUT2D eigenvalue weighted by Gasteiger charge is -2.38. The molecule has 0 radical (unpaired) electrons. The van der Waals surface area contributed by atoms with Crippen molar-refractivity contribution < 1.29 is 14.4 Å². The second kappa shape index (κ2) is 11.0.